The van der Waals surface area contributed by atoms with E-state index >= 15 is 0 Å². The van der Waals surface area contributed by atoms with Crippen LogP contribution in [-0.2, 0) is 9.53 Å². The normalized spacial score (nSPS) is 14.3. The largest absolute Gasteiger partial charge is 0.484 e. The smallest absolute Gasteiger partial charge is 0.263 e. The highest BCUT2D eigenvalue weighted by atomic mass is 35.5. The van der Waals surface area contributed by atoms with Gasteiger partial charge in [-0.05, 0) is 36.4 Å². The molecule has 1 saturated heterocycles. The quantitative estimate of drug-likeness (QED) is 0.900. The number of amides is 1. The summed E-state index contributed by atoms with van der Waals surface area (Å²) in [5, 5.41) is 3.33. The summed E-state index contributed by atoms with van der Waals surface area (Å²) in [6.07, 6.45) is 1.75. The summed E-state index contributed by atoms with van der Waals surface area (Å²) in [6.45, 7) is 3.06. The number of anilines is 2. The van der Waals surface area contributed by atoms with Crippen LogP contribution in [0, 0.1) is 0 Å². The number of benzene rings is 1. The summed E-state index contributed by atoms with van der Waals surface area (Å²) in [5.74, 6) is 0.818. The molecule has 6 nitrogen and oxygen atoms in total. The zero-order valence-electron chi connectivity index (χ0n) is 13.1. The Morgan fingerprint density at radius 2 is 1.96 bits per heavy atom. The van der Waals surface area contributed by atoms with Crippen molar-refractivity contribution in [3.8, 4) is 5.75 Å². The number of rotatable bonds is 5. The molecule has 0 atom stereocenters. The molecule has 1 aromatic carbocycles. The number of nitrogens with one attached hydrogen (secondary N) is 1. The van der Waals surface area contributed by atoms with E-state index in [4.69, 9.17) is 21.1 Å². The fourth-order valence-corrected chi connectivity index (χ4v) is 2.45. The first-order chi connectivity index (χ1) is 11.7. The third-order valence-corrected chi connectivity index (χ3v) is 3.83. The Morgan fingerprint density at radius 1 is 1.21 bits per heavy atom. The van der Waals surface area contributed by atoms with Gasteiger partial charge in [-0.1, -0.05) is 11.6 Å². The van der Waals surface area contributed by atoms with Crippen molar-refractivity contribution >= 4 is 29.0 Å². The van der Waals surface area contributed by atoms with Crippen LogP contribution in [0.1, 0.15) is 0 Å². The molecular weight excluding hydrogens is 330 g/mol. The van der Waals surface area contributed by atoms with Gasteiger partial charge in [-0.3, -0.25) is 4.79 Å². The van der Waals surface area contributed by atoms with Crippen LogP contribution in [-0.4, -0.2) is 43.8 Å². The van der Waals surface area contributed by atoms with Crippen LogP contribution in [0.25, 0.3) is 0 Å². The number of halogens is 1. The van der Waals surface area contributed by atoms with Gasteiger partial charge in [-0.25, -0.2) is 4.98 Å². The molecule has 126 valence electrons. The molecule has 0 bridgehead atoms. The predicted octanol–water partition coefficient (Wildman–Crippen LogP) is 2.59. The lowest BCUT2D eigenvalue weighted by Crippen LogP contribution is -2.36. The number of carbonyl (C=O) groups is 1. The highest BCUT2D eigenvalue weighted by Gasteiger charge is 2.12. The third-order valence-electron chi connectivity index (χ3n) is 3.58. The Labute approximate surface area is 145 Å². The lowest BCUT2D eigenvalue weighted by Gasteiger charge is -2.28. The van der Waals surface area contributed by atoms with Crippen molar-refractivity contribution in [1.82, 2.24) is 4.98 Å². The first kappa shape index (κ1) is 16.5. The van der Waals surface area contributed by atoms with Gasteiger partial charge in [0.25, 0.3) is 5.91 Å². The van der Waals surface area contributed by atoms with Gasteiger partial charge in [0.05, 0.1) is 25.1 Å². The first-order valence-corrected chi connectivity index (χ1v) is 8.05. The minimum atomic E-state index is -0.267. The Morgan fingerprint density at radius 3 is 2.62 bits per heavy atom. The lowest BCUT2D eigenvalue weighted by atomic mass is 10.3. The van der Waals surface area contributed by atoms with Crippen molar-refractivity contribution in [3.05, 3.63) is 47.6 Å². The van der Waals surface area contributed by atoms with E-state index in [1.807, 2.05) is 6.07 Å². The van der Waals surface area contributed by atoms with Crippen LogP contribution in [0.5, 0.6) is 5.75 Å². The third kappa shape index (κ3) is 4.59. The van der Waals surface area contributed by atoms with E-state index in [2.05, 4.69) is 15.2 Å². The van der Waals surface area contributed by atoms with Gasteiger partial charge in [0, 0.05) is 18.1 Å². The standard InChI is InChI=1S/C17H18ClN3O3/c18-13-1-4-15(5-2-13)24-12-17(22)20-16-6-3-14(11-19-16)21-7-9-23-10-8-21/h1-6,11H,7-10,12H2,(H,19,20,22). The minimum absolute atomic E-state index is 0.0888. The molecule has 1 N–H and O–H groups in total. The lowest BCUT2D eigenvalue weighted by molar-refractivity contribution is -0.118. The Balaban J connectivity index is 1.49. The van der Waals surface area contributed by atoms with Crippen LogP contribution in [0.15, 0.2) is 42.6 Å². The number of hydrogen-bond acceptors (Lipinski definition) is 5. The average Bonchev–Trinajstić information content (AvgIpc) is 2.63. The summed E-state index contributed by atoms with van der Waals surface area (Å²) in [4.78, 5) is 18.4. The van der Waals surface area contributed by atoms with Crippen LogP contribution in [0.2, 0.25) is 5.02 Å². The van der Waals surface area contributed by atoms with Crippen molar-refractivity contribution in [2.75, 3.05) is 43.1 Å². The molecule has 1 amide bonds. The zero-order chi connectivity index (χ0) is 16.8. The highest BCUT2D eigenvalue weighted by molar-refractivity contribution is 6.30. The van der Waals surface area contributed by atoms with Gasteiger partial charge in [-0.2, -0.15) is 0 Å². The maximum absolute atomic E-state index is 11.9. The van der Waals surface area contributed by atoms with E-state index in [9.17, 15) is 4.79 Å². The molecule has 1 aliphatic heterocycles. The molecule has 1 fully saturated rings. The molecular formula is C17H18ClN3O3. The molecule has 0 spiro atoms. The van der Waals surface area contributed by atoms with Gasteiger partial charge in [0.15, 0.2) is 6.61 Å². The van der Waals surface area contributed by atoms with Crippen LogP contribution in [0.4, 0.5) is 11.5 Å². The van der Waals surface area contributed by atoms with E-state index in [1.165, 1.54) is 0 Å². The van der Waals surface area contributed by atoms with Crippen molar-refractivity contribution in [2.45, 2.75) is 0 Å². The molecule has 0 unspecified atom stereocenters. The maximum atomic E-state index is 11.9. The molecule has 3 rings (SSSR count). The molecule has 0 aliphatic carbocycles. The molecule has 1 aromatic heterocycles. The fourth-order valence-electron chi connectivity index (χ4n) is 2.33. The van der Waals surface area contributed by atoms with Crippen molar-refractivity contribution in [2.24, 2.45) is 0 Å². The number of pyridine rings is 1. The SMILES string of the molecule is O=C(COc1ccc(Cl)cc1)Nc1ccc(N2CCOCC2)cn1. The summed E-state index contributed by atoms with van der Waals surface area (Å²) < 4.78 is 10.7. The van der Waals surface area contributed by atoms with Gasteiger partial charge in [-0.15, -0.1) is 0 Å². The fraction of sp³-hybridized carbons (Fsp3) is 0.294. The summed E-state index contributed by atoms with van der Waals surface area (Å²) in [5.41, 5.74) is 1.02. The number of ether oxygens (including phenoxy) is 2. The predicted molar refractivity (Wildman–Crippen MR) is 92.8 cm³/mol. The van der Waals surface area contributed by atoms with Crippen molar-refractivity contribution < 1.29 is 14.3 Å². The molecule has 24 heavy (non-hydrogen) atoms. The zero-order valence-corrected chi connectivity index (χ0v) is 13.8. The second-order valence-corrected chi connectivity index (χ2v) is 5.73. The monoisotopic (exact) mass is 347 g/mol. The minimum Gasteiger partial charge on any atom is -0.484 e. The topological polar surface area (TPSA) is 63.7 Å². The van der Waals surface area contributed by atoms with Gasteiger partial charge in [0.1, 0.15) is 11.6 Å². The van der Waals surface area contributed by atoms with Crippen LogP contribution < -0.4 is 15.0 Å². The van der Waals surface area contributed by atoms with Crippen LogP contribution >= 0.6 is 11.6 Å². The molecule has 7 heteroatoms. The summed E-state index contributed by atoms with van der Waals surface area (Å²) >= 11 is 5.80. The molecule has 0 radical (unpaired) electrons. The Bertz CT molecular complexity index is 670. The number of carbonyl (C=O) groups excluding carboxylic acids is 1. The number of morpholine rings is 1. The number of nitrogens with zero attached hydrogens (tertiary/aromatic N) is 2. The van der Waals surface area contributed by atoms with E-state index in [-0.39, 0.29) is 12.5 Å². The second-order valence-electron chi connectivity index (χ2n) is 5.29. The Hall–Kier alpha value is -2.31. The Kier molecular flexibility index (Phi) is 5.51. The molecule has 1 aliphatic rings. The van der Waals surface area contributed by atoms with E-state index in [0.717, 1.165) is 32.0 Å². The van der Waals surface area contributed by atoms with Crippen LogP contribution in [0.3, 0.4) is 0 Å². The number of hydrogen-bond donors (Lipinski definition) is 1. The van der Waals surface area contributed by atoms with Crippen molar-refractivity contribution in [1.29, 1.82) is 0 Å². The molecule has 0 saturated carbocycles. The van der Waals surface area contributed by atoms with Gasteiger partial charge >= 0.3 is 0 Å². The van der Waals surface area contributed by atoms with E-state index in [1.54, 1.807) is 36.5 Å². The number of aromatic nitrogens is 1. The average molecular weight is 348 g/mol. The molecule has 2 aromatic rings. The van der Waals surface area contributed by atoms with Crippen molar-refractivity contribution in [3.63, 3.8) is 0 Å². The summed E-state index contributed by atoms with van der Waals surface area (Å²) in [7, 11) is 0. The van der Waals surface area contributed by atoms with Gasteiger partial charge in [0.2, 0.25) is 0 Å². The second kappa shape index (κ2) is 7.99. The maximum Gasteiger partial charge on any atom is 0.263 e. The van der Waals surface area contributed by atoms with Gasteiger partial charge < -0.3 is 19.7 Å². The summed E-state index contributed by atoms with van der Waals surface area (Å²) in [6, 6.07) is 10.6. The highest BCUT2D eigenvalue weighted by Crippen LogP contribution is 2.17. The molecule has 2 heterocycles. The van der Waals surface area contributed by atoms with E-state index in [0.29, 0.717) is 16.6 Å². The van der Waals surface area contributed by atoms with E-state index < -0.39 is 0 Å². The first-order valence-electron chi connectivity index (χ1n) is 7.68.